The number of nitro groups is 1. The first-order valence-corrected chi connectivity index (χ1v) is 11.9. The number of aromatic nitrogens is 2. The van der Waals surface area contributed by atoms with Crippen molar-refractivity contribution in [3.63, 3.8) is 0 Å². The Morgan fingerprint density at radius 1 is 1.21 bits per heavy atom. The van der Waals surface area contributed by atoms with Gasteiger partial charge < -0.3 is 31.0 Å². The average molecular weight is 560 g/mol. The van der Waals surface area contributed by atoms with E-state index in [9.17, 15) is 37.3 Å². The summed E-state index contributed by atoms with van der Waals surface area (Å²) in [6.07, 6.45) is -2.94. The summed E-state index contributed by atoms with van der Waals surface area (Å²) in [4.78, 5) is 45.8. The van der Waals surface area contributed by atoms with Gasteiger partial charge in [-0.2, -0.15) is 22.5 Å². The van der Waals surface area contributed by atoms with E-state index < -0.39 is 58.1 Å². The second-order valence-corrected chi connectivity index (χ2v) is 9.44. The van der Waals surface area contributed by atoms with Crippen LogP contribution in [0.4, 0.5) is 34.9 Å². The molecule has 2 aliphatic rings. The number of primary amides is 1. The van der Waals surface area contributed by atoms with Crippen LogP contribution in [-0.2, 0) is 15.8 Å². The van der Waals surface area contributed by atoms with Crippen LogP contribution < -0.4 is 16.0 Å². The lowest BCUT2D eigenvalue weighted by atomic mass is 9.87. The molecule has 4 rings (SSSR count). The highest BCUT2D eigenvalue weighted by atomic mass is 35.5. The van der Waals surface area contributed by atoms with Crippen molar-refractivity contribution < 1.29 is 32.1 Å². The third-order valence-corrected chi connectivity index (χ3v) is 6.83. The molecule has 204 valence electrons. The van der Waals surface area contributed by atoms with Crippen LogP contribution in [0.3, 0.4) is 0 Å². The second kappa shape index (κ2) is 10.6. The van der Waals surface area contributed by atoms with Crippen LogP contribution in [-0.4, -0.2) is 63.3 Å². The Kier molecular flexibility index (Phi) is 7.58. The summed E-state index contributed by atoms with van der Waals surface area (Å²) in [5.41, 5.74) is 4.61. The largest absolute Gasteiger partial charge is 0.416 e. The zero-order valence-electron chi connectivity index (χ0n) is 19.6. The number of likely N-dealkylation sites (tertiary alicyclic amines) is 1. The summed E-state index contributed by atoms with van der Waals surface area (Å²) in [6, 6.07) is 1.12. The van der Waals surface area contributed by atoms with E-state index in [1.54, 1.807) is 0 Å². The summed E-state index contributed by atoms with van der Waals surface area (Å²) in [5.74, 6) is -4.59. The minimum Gasteiger partial charge on any atom is -0.374 e. The first-order chi connectivity index (χ1) is 17.9. The van der Waals surface area contributed by atoms with E-state index in [1.165, 1.54) is 15.9 Å². The summed E-state index contributed by atoms with van der Waals surface area (Å²) < 4.78 is 54.4. The Bertz CT molecular complexity index is 1260. The maximum absolute atomic E-state index is 14.8. The molecular formula is C22H22ClF4N7O4. The number of rotatable bonds is 6. The smallest absolute Gasteiger partial charge is 0.374 e. The molecule has 2 aliphatic heterocycles. The van der Waals surface area contributed by atoms with E-state index in [0.29, 0.717) is 12.8 Å². The van der Waals surface area contributed by atoms with E-state index in [0.717, 1.165) is 18.5 Å². The fourth-order valence-electron chi connectivity index (χ4n) is 4.87. The standard InChI is InChI=1S/C22H22ClF4N7O4/c23-12-6-11(22(25,26)27)7-13(8-12)31-15-2-1-4-33(21(15)36)16-9-32(5-3-14(16)18(28)35)19-17(24)20(34(37)38)30-10-29-19/h6-8,10,14-16,31H,1-5,9H2,(H2,28,35)/t14-,15?,16-/m0/s1. The van der Waals surface area contributed by atoms with Gasteiger partial charge in [-0.1, -0.05) is 11.6 Å². The van der Waals surface area contributed by atoms with Crippen molar-refractivity contribution >= 4 is 40.7 Å². The van der Waals surface area contributed by atoms with Crippen LogP contribution in [0.15, 0.2) is 24.5 Å². The molecule has 2 amide bonds. The molecule has 1 unspecified atom stereocenters. The molecule has 3 N–H and O–H groups in total. The summed E-state index contributed by atoms with van der Waals surface area (Å²) >= 11 is 5.86. The van der Waals surface area contributed by atoms with Gasteiger partial charge >= 0.3 is 12.0 Å². The molecule has 0 aliphatic carbocycles. The molecule has 2 saturated heterocycles. The van der Waals surface area contributed by atoms with Crippen molar-refractivity contribution in [3.05, 3.63) is 51.0 Å². The normalized spacial score (nSPS) is 22.3. The maximum atomic E-state index is 14.8. The quantitative estimate of drug-likeness (QED) is 0.312. The van der Waals surface area contributed by atoms with E-state index >= 15 is 0 Å². The lowest BCUT2D eigenvalue weighted by Gasteiger charge is -2.46. The van der Waals surface area contributed by atoms with Gasteiger partial charge in [-0.25, -0.2) is 0 Å². The van der Waals surface area contributed by atoms with Crippen molar-refractivity contribution in [1.82, 2.24) is 14.9 Å². The molecule has 2 aromatic rings. The molecular weight excluding hydrogens is 538 g/mol. The number of piperidine rings is 2. The number of halogens is 5. The summed E-state index contributed by atoms with van der Waals surface area (Å²) in [7, 11) is 0. The molecule has 3 heterocycles. The van der Waals surface area contributed by atoms with Crippen LogP contribution in [0, 0.1) is 21.8 Å². The van der Waals surface area contributed by atoms with Gasteiger partial charge in [0.1, 0.15) is 6.04 Å². The van der Waals surface area contributed by atoms with Crippen molar-refractivity contribution in [2.24, 2.45) is 11.7 Å². The molecule has 38 heavy (non-hydrogen) atoms. The minimum absolute atomic E-state index is 0.00267. The Hall–Kier alpha value is -3.75. The highest BCUT2D eigenvalue weighted by molar-refractivity contribution is 6.31. The zero-order valence-corrected chi connectivity index (χ0v) is 20.4. The number of hydrogen-bond acceptors (Lipinski definition) is 8. The fraction of sp³-hybridized carbons (Fsp3) is 0.455. The maximum Gasteiger partial charge on any atom is 0.416 e. The lowest BCUT2D eigenvalue weighted by Crippen LogP contribution is -2.61. The summed E-state index contributed by atoms with van der Waals surface area (Å²) in [5, 5.41) is 13.7. The Balaban J connectivity index is 1.59. The first-order valence-electron chi connectivity index (χ1n) is 11.5. The number of nitrogens with two attached hydrogens (primary N) is 1. The third-order valence-electron chi connectivity index (χ3n) is 6.61. The lowest BCUT2D eigenvalue weighted by molar-refractivity contribution is -0.392. The minimum atomic E-state index is -4.64. The number of benzene rings is 1. The molecule has 16 heteroatoms. The van der Waals surface area contributed by atoms with Crippen LogP contribution in [0.25, 0.3) is 0 Å². The van der Waals surface area contributed by atoms with Gasteiger partial charge in [-0.3, -0.25) is 9.59 Å². The molecule has 0 radical (unpaired) electrons. The van der Waals surface area contributed by atoms with Gasteiger partial charge in [0.25, 0.3) is 5.82 Å². The highest BCUT2D eigenvalue weighted by Crippen LogP contribution is 2.35. The Morgan fingerprint density at radius 2 is 1.95 bits per heavy atom. The van der Waals surface area contributed by atoms with Crippen molar-refractivity contribution in [2.75, 3.05) is 29.9 Å². The number of anilines is 2. The van der Waals surface area contributed by atoms with Crippen LogP contribution in [0.2, 0.25) is 5.02 Å². The van der Waals surface area contributed by atoms with Gasteiger partial charge in [-0.05, 0) is 47.4 Å². The number of nitrogens with zero attached hydrogens (tertiary/aromatic N) is 5. The van der Waals surface area contributed by atoms with E-state index in [2.05, 4.69) is 15.3 Å². The molecule has 3 atom stereocenters. The molecule has 1 aromatic carbocycles. The van der Waals surface area contributed by atoms with Crippen LogP contribution >= 0.6 is 11.6 Å². The molecule has 0 spiro atoms. The fourth-order valence-corrected chi connectivity index (χ4v) is 5.11. The molecule has 0 bridgehead atoms. The number of nitrogens with one attached hydrogen (secondary N) is 1. The van der Waals surface area contributed by atoms with Crippen molar-refractivity contribution in [2.45, 2.75) is 37.5 Å². The topological polar surface area (TPSA) is 148 Å². The summed E-state index contributed by atoms with van der Waals surface area (Å²) in [6.45, 7) is 0.198. The first kappa shape index (κ1) is 27.3. The highest BCUT2D eigenvalue weighted by Gasteiger charge is 2.43. The Morgan fingerprint density at radius 3 is 2.61 bits per heavy atom. The van der Waals surface area contributed by atoms with Crippen molar-refractivity contribution in [3.8, 4) is 0 Å². The monoisotopic (exact) mass is 559 g/mol. The van der Waals surface area contributed by atoms with Gasteiger partial charge in [-0.15, -0.1) is 0 Å². The van der Waals surface area contributed by atoms with E-state index in [4.69, 9.17) is 17.3 Å². The SMILES string of the molecule is NC(=O)[C@H]1CCN(c2ncnc([N+](=O)[O-])c2F)C[C@@H]1N1CCCC(Nc2cc(Cl)cc(C(F)(F)F)c2)C1=O. The second-order valence-electron chi connectivity index (χ2n) is 9.00. The van der Waals surface area contributed by atoms with Crippen molar-refractivity contribution in [1.29, 1.82) is 0 Å². The van der Waals surface area contributed by atoms with Crippen LogP contribution in [0.1, 0.15) is 24.8 Å². The molecule has 0 saturated carbocycles. The van der Waals surface area contributed by atoms with Gasteiger partial charge in [0.05, 0.1) is 17.5 Å². The van der Waals surface area contributed by atoms with E-state index in [-0.39, 0.29) is 42.6 Å². The number of hydrogen-bond donors (Lipinski definition) is 2. The number of alkyl halides is 3. The zero-order chi connectivity index (χ0) is 27.8. The van der Waals surface area contributed by atoms with E-state index in [1.807, 2.05) is 0 Å². The number of carbonyl (C=O) groups excluding carboxylic acids is 2. The molecule has 11 nitrogen and oxygen atoms in total. The number of carbonyl (C=O) groups is 2. The predicted octanol–water partition coefficient (Wildman–Crippen LogP) is 2.98. The van der Waals surface area contributed by atoms with Gasteiger partial charge in [0.2, 0.25) is 18.1 Å². The Labute approximate surface area is 218 Å². The average Bonchev–Trinajstić information content (AvgIpc) is 2.84. The number of amides is 2. The molecule has 2 fully saturated rings. The van der Waals surface area contributed by atoms with Gasteiger partial charge in [0, 0.05) is 30.3 Å². The third kappa shape index (κ3) is 5.56. The van der Waals surface area contributed by atoms with Crippen LogP contribution in [0.5, 0.6) is 0 Å². The predicted molar refractivity (Wildman–Crippen MR) is 127 cm³/mol. The van der Waals surface area contributed by atoms with Gasteiger partial charge in [0.15, 0.2) is 5.82 Å². The molecule has 1 aromatic heterocycles.